The van der Waals surface area contributed by atoms with Crippen molar-refractivity contribution in [3.63, 3.8) is 0 Å². The molecule has 0 amide bonds. The molecule has 2 heteroatoms. The van der Waals surface area contributed by atoms with Crippen molar-refractivity contribution in [1.82, 2.24) is 10.2 Å². The Morgan fingerprint density at radius 3 is 2.50 bits per heavy atom. The summed E-state index contributed by atoms with van der Waals surface area (Å²) < 4.78 is 0. The van der Waals surface area contributed by atoms with Crippen molar-refractivity contribution >= 4 is 0 Å². The van der Waals surface area contributed by atoms with Gasteiger partial charge in [0.2, 0.25) is 0 Å². The van der Waals surface area contributed by atoms with Crippen LogP contribution in [0.15, 0.2) is 0 Å². The number of hydrogen-bond donors (Lipinski definition) is 1. The average Bonchev–Trinajstić information content (AvgIpc) is 1.88. The molecule has 0 saturated carbocycles. The third-order valence-corrected chi connectivity index (χ3v) is 1.75. The molecule has 0 aliphatic carbocycles. The van der Waals surface area contributed by atoms with Crippen molar-refractivity contribution in [1.29, 1.82) is 0 Å². The smallest absolute Gasteiger partial charge is 0.0475 e. The Morgan fingerprint density at radius 2 is 2.10 bits per heavy atom. The molecule has 0 saturated heterocycles. The van der Waals surface area contributed by atoms with Crippen molar-refractivity contribution in [3.05, 3.63) is 0 Å². The molecule has 2 nitrogen and oxygen atoms in total. The first-order valence-electron chi connectivity index (χ1n) is 4.03. The van der Waals surface area contributed by atoms with Gasteiger partial charge < -0.3 is 5.32 Å². The molecule has 0 heterocycles. The van der Waals surface area contributed by atoms with Crippen molar-refractivity contribution in [2.24, 2.45) is 5.92 Å². The summed E-state index contributed by atoms with van der Waals surface area (Å²) in [6.07, 6.45) is 1.27. The highest BCUT2D eigenvalue weighted by atomic mass is 15.2. The molecule has 62 valence electrons. The van der Waals surface area contributed by atoms with Crippen molar-refractivity contribution in [2.45, 2.75) is 20.3 Å². The Hall–Kier alpha value is -0.0800. The largest absolute Gasteiger partial charge is 0.307 e. The van der Waals surface area contributed by atoms with E-state index in [1.807, 2.05) is 7.05 Å². The molecule has 0 aromatic rings. The molecule has 0 rings (SSSR count). The van der Waals surface area contributed by atoms with Crippen LogP contribution in [0.3, 0.4) is 0 Å². The van der Waals surface area contributed by atoms with E-state index in [9.17, 15) is 0 Å². The van der Waals surface area contributed by atoms with E-state index in [-0.39, 0.29) is 0 Å². The molecule has 0 aromatic carbocycles. The van der Waals surface area contributed by atoms with Crippen molar-refractivity contribution in [3.8, 4) is 0 Å². The second-order valence-corrected chi connectivity index (χ2v) is 3.06. The zero-order valence-electron chi connectivity index (χ0n) is 7.65. The van der Waals surface area contributed by atoms with E-state index >= 15 is 0 Å². The topological polar surface area (TPSA) is 15.3 Å². The van der Waals surface area contributed by atoms with Gasteiger partial charge in [0.1, 0.15) is 0 Å². The molecular weight excluding hydrogens is 124 g/mol. The van der Waals surface area contributed by atoms with Crippen molar-refractivity contribution < 1.29 is 0 Å². The SMILES string of the molecule is CCC(C)CN(C)CNC. The summed E-state index contributed by atoms with van der Waals surface area (Å²) in [5.41, 5.74) is 0. The second kappa shape index (κ2) is 5.69. The van der Waals surface area contributed by atoms with Crippen LogP contribution < -0.4 is 5.32 Å². The Balaban J connectivity index is 3.27. The van der Waals surface area contributed by atoms with Gasteiger partial charge in [-0.3, -0.25) is 4.90 Å². The monoisotopic (exact) mass is 144 g/mol. The maximum atomic E-state index is 3.12. The van der Waals surface area contributed by atoms with Gasteiger partial charge in [-0.1, -0.05) is 20.3 Å². The molecule has 1 unspecified atom stereocenters. The molecular formula is C8H20N2. The fourth-order valence-corrected chi connectivity index (χ4v) is 0.996. The van der Waals surface area contributed by atoms with Crippen LogP contribution >= 0.6 is 0 Å². The number of nitrogens with zero attached hydrogens (tertiary/aromatic N) is 1. The van der Waals surface area contributed by atoms with Gasteiger partial charge in [-0.15, -0.1) is 0 Å². The molecule has 0 bridgehead atoms. The molecule has 0 aliphatic rings. The lowest BCUT2D eigenvalue weighted by molar-refractivity contribution is 0.270. The third-order valence-electron chi connectivity index (χ3n) is 1.75. The quantitative estimate of drug-likeness (QED) is 0.582. The predicted octanol–water partition coefficient (Wildman–Crippen LogP) is 1.14. The lowest BCUT2D eigenvalue weighted by Crippen LogP contribution is -2.31. The van der Waals surface area contributed by atoms with Crippen LogP contribution in [0, 0.1) is 5.92 Å². The minimum absolute atomic E-state index is 0.818. The van der Waals surface area contributed by atoms with Gasteiger partial charge >= 0.3 is 0 Å². The Kier molecular flexibility index (Phi) is 5.64. The van der Waals surface area contributed by atoms with Crippen molar-refractivity contribution in [2.75, 3.05) is 27.3 Å². The summed E-state index contributed by atoms with van der Waals surface area (Å²) in [5.74, 6) is 0.818. The lowest BCUT2D eigenvalue weighted by atomic mass is 10.1. The molecule has 0 radical (unpaired) electrons. The zero-order chi connectivity index (χ0) is 7.98. The van der Waals surface area contributed by atoms with E-state index in [0.29, 0.717) is 0 Å². The summed E-state index contributed by atoms with van der Waals surface area (Å²) in [5, 5.41) is 3.12. The summed E-state index contributed by atoms with van der Waals surface area (Å²) in [7, 11) is 4.12. The first kappa shape index (κ1) is 9.92. The van der Waals surface area contributed by atoms with Crippen LogP contribution in [0.25, 0.3) is 0 Å². The minimum atomic E-state index is 0.818. The Morgan fingerprint density at radius 1 is 1.50 bits per heavy atom. The van der Waals surface area contributed by atoms with Gasteiger partial charge in [0.15, 0.2) is 0 Å². The number of nitrogens with one attached hydrogen (secondary N) is 1. The molecule has 1 atom stereocenters. The van der Waals surface area contributed by atoms with Gasteiger partial charge in [-0.25, -0.2) is 0 Å². The summed E-state index contributed by atoms with van der Waals surface area (Å²) >= 11 is 0. The average molecular weight is 144 g/mol. The lowest BCUT2D eigenvalue weighted by Gasteiger charge is -2.19. The molecule has 10 heavy (non-hydrogen) atoms. The van der Waals surface area contributed by atoms with Gasteiger partial charge in [0, 0.05) is 13.2 Å². The van der Waals surface area contributed by atoms with E-state index in [2.05, 4.69) is 31.1 Å². The van der Waals surface area contributed by atoms with Crippen LogP contribution in [0.4, 0.5) is 0 Å². The van der Waals surface area contributed by atoms with E-state index in [1.165, 1.54) is 13.0 Å². The number of hydrogen-bond acceptors (Lipinski definition) is 2. The fourth-order valence-electron chi connectivity index (χ4n) is 0.996. The third kappa shape index (κ3) is 4.77. The standard InChI is InChI=1S/C8H20N2/c1-5-8(2)6-10(4)7-9-3/h8-9H,5-7H2,1-4H3. The number of rotatable bonds is 5. The molecule has 0 aliphatic heterocycles. The van der Waals surface area contributed by atoms with E-state index in [0.717, 1.165) is 12.6 Å². The van der Waals surface area contributed by atoms with Gasteiger partial charge in [-0.05, 0) is 20.0 Å². The van der Waals surface area contributed by atoms with Crippen LogP contribution in [0.1, 0.15) is 20.3 Å². The molecule has 0 fully saturated rings. The maximum Gasteiger partial charge on any atom is 0.0475 e. The Labute approximate surface area is 64.6 Å². The van der Waals surface area contributed by atoms with E-state index < -0.39 is 0 Å². The summed E-state index contributed by atoms with van der Waals surface area (Å²) in [6, 6.07) is 0. The second-order valence-electron chi connectivity index (χ2n) is 3.06. The molecule has 0 spiro atoms. The first-order valence-corrected chi connectivity index (χ1v) is 4.03. The van der Waals surface area contributed by atoms with E-state index in [4.69, 9.17) is 0 Å². The van der Waals surface area contributed by atoms with Gasteiger partial charge in [-0.2, -0.15) is 0 Å². The van der Waals surface area contributed by atoms with Gasteiger partial charge in [0.25, 0.3) is 0 Å². The highest BCUT2D eigenvalue weighted by Crippen LogP contribution is 2.00. The zero-order valence-corrected chi connectivity index (χ0v) is 7.65. The van der Waals surface area contributed by atoms with Crippen LogP contribution in [0.5, 0.6) is 0 Å². The van der Waals surface area contributed by atoms with E-state index in [1.54, 1.807) is 0 Å². The summed E-state index contributed by atoms with van der Waals surface area (Å²) in [6.45, 7) is 6.70. The van der Waals surface area contributed by atoms with Gasteiger partial charge in [0.05, 0.1) is 0 Å². The van der Waals surface area contributed by atoms with Crippen LogP contribution in [-0.2, 0) is 0 Å². The maximum absolute atomic E-state index is 3.12. The normalized spacial score (nSPS) is 14.1. The van der Waals surface area contributed by atoms with Crippen LogP contribution in [0.2, 0.25) is 0 Å². The minimum Gasteiger partial charge on any atom is -0.307 e. The first-order chi connectivity index (χ1) is 4.70. The summed E-state index contributed by atoms with van der Waals surface area (Å²) in [4.78, 5) is 2.30. The van der Waals surface area contributed by atoms with Crippen LogP contribution in [-0.4, -0.2) is 32.2 Å². The predicted molar refractivity (Wildman–Crippen MR) is 46.0 cm³/mol. The Bertz CT molecular complexity index is 73.7. The highest BCUT2D eigenvalue weighted by Gasteiger charge is 2.01. The molecule has 0 aromatic heterocycles. The molecule has 1 N–H and O–H groups in total. The fraction of sp³-hybridized carbons (Fsp3) is 1.00. The highest BCUT2D eigenvalue weighted by molar-refractivity contribution is 4.54.